The zero-order valence-corrected chi connectivity index (χ0v) is 19.1. The third kappa shape index (κ3) is 4.88. The molecule has 1 N–H and O–H groups in total. The first-order valence-corrected chi connectivity index (χ1v) is 9.58. The molecule has 2 aromatic rings. The van der Waals surface area contributed by atoms with E-state index >= 15 is 0 Å². The summed E-state index contributed by atoms with van der Waals surface area (Å²) in [4.78, 5) is 14.8. The highest BCUT2D eigenvalue weighted by Gasteiger charge is 2.21. The van der Waals surface area contributed by atoms with Crippen LogP contribution in [0.1, 0.15) is 21.0 Å². The molecule has 7 heteroatoms. The van der Waals surface area contributed by atoms with E-state index in [2.05, 4.69) is 57.1 Å². The van der Waals surface area contributed by atoms with Crippen LogP contribution >= 0.6 is 35.3 Å². The molecular formula is C19H28IN5S. The summed E-state index contributed by atoms with van der Waals surface area (Å²) in [6, 6.07) is 6.57. The van der Waals surface area contributed by atoms with Gasteiger partial charge < -0.3 is 15.1 Å². The molecule has 0 radical (unpaired) electrons. The van der Waals surface area contributed by atoms with Crippen molar-refractivity contribution in [1.82, 2.24) is 15.2 Å². The molecule has 0 unspecified atom stereocenters. The number of guanidine groups is 1. The predicted octanol–water partition coefficient (Wildman–Crippen LogP) is 3.58. The highest BCUT2D eigenvalue weighted by Crippen LogP contribution is 2.23. The smallest absolute Gasteiger partial charge is 0.194 e. The number of aromatic nitrogens is 1. The number of anilines is 1. The fourth-order valence-electron chi connectivity index (χ4n) is 3.22. The van der Waals surface area contributed by atoms with Gasteiger partial charge >= 0.3 is 0 Å². The second-order valence-corrected chi connectivity index (χ2v) is 7.76. The van der Waals surface area contributed by atoms with Crippen molar-refractivity contribution in [3.05, 3.63) is 45.4 Å². The number of halogens is 1. The van der Waals surface area contributed by atoms with E-state index in [-0.39, 0.29) is 24.0 Å². The normalized spacial score (nSPS) is 15.0. The van der Waals surface area contributed by atoms with Gasteiger partial charge in [0, 0.05) is 50.0 Å². The molecule has 0 amide bonds. The number of nitrogens with one attached hydrogen (secondary N) is 1. The SMILES string of the molecule is CN=C(NCc1cnc(C)s1)N1CCN(c2cccc(C)c2C)CC1.I. The molecule has 142 valence electrons. The first kappa shape index (κ1) is 21.0. The van der Waals surface area contributed by atoms with Crippen LogP contribution < -0.4 is 10.2 Å². The molecule has 5 nitrogen and oxygen atoms in total. The van der Waals surface area contributed by atoms with Crippen LogP contribution in [0.15, 0.2) is 29.4 Å². The summed E-state index contributed by atoms with van der Waals surface area (Å²) >= 11 is 1.73. The fraction of sp³-hybridized carbons (Fsp3) is 0.474. The lowest BCUT2D eigenvalue weighted by atomic mass is 10.1. The van der Waals surface area contributed by atoms with Crippen LogP contribution in [0.2, 0.25) is 0 Å². The molecule has 3 rings (SSSR count). The van der Waals surface area contributed by atoms with E-state index in [9.17, 15) is 0 Å². The fourth-order valence-corrected chi connectivity index (χ4v) is 3.96. The van der Waals surface area contributed by atoms with Crippen molar-refractivity contribution in [2.45, 2.75) is 27.3 Å². The summed E-state index contributed by atoms with van der Waals surface area (Å²) in [5.74, 6) is 0.978. The van der Waals surface area contributed by atoms with Crippen LogP contribution in [0.3, 0.4) is 0 Å². The van der Waals surface area contributed by atoms with Gasteiger partial charge in [-0.2, -0.15) is 0 Å². The Hall–Kier alpha value is -1.35. The first-order valence-electron chi connectivity index (χ1n) is 8.76. The Morgan fingerprint density at radius 3 is 2.54 bits per heavy atom. The van der Waals surface area contributed by atoms with Crippen molar-refractivity contribution in [1.29, 1.82) is 0 Å². The molecule has 1 aromatic heterocycles. The van der Waals surface area contributed by atoms with Crippen molar-refractivity contribution >= 4 is 47.0 Å². The lowest BCUT2D eigenvalue weighted by Crippen LogP contribution is -2.52. The molecule has 1 saturated heterocycles. The minimum Gasteiger partial charge on any atom is -0.368 e. The van der Waals surface area contributed by atoms with E-state index in [0.717, 1.165) is 43.7 Å². The zero-order chi connectivity index (χ0) is 17.8. The Bertz CT molecular complexity index is 750. The number of hydrogen-bond acceptors (Lipinski definition) is 4. The number of hydrogen-bond donors (Lipinski definition) is 1. The van der Waals surface area contributed by atoms with Gasteiger partial charge in [0.05, 0.1) is 11.6 Å². The zero-order valence-electron chi connectivity index (χ0n) is 16.0. The highest BCUT2D eigenvalue weighted by molar-refractivity contribution is 14.0. The maximum absolute atomic E-state index is 4.46. The van der Waals surface area contributed by atoms with Gasteiger partial charge in [0.1, 0.15) is 0 Å². The van der Waals surface area contributed by atoms with Crippen molar-refractivity contribution in [2.24, 2.45) is 4.99 Å². The number of rotatable bonds is 3. The van der Waals surface area contributed by atoms with E-state index in [1.54, 1.807) is 11.3 Å². The molecule has 1 aliphatic rings. The molecule has 0 bridgehead atoms. The van der Waals surface area contributed by atoms with Gasteiger partial charge in [0.2, 0.25) is 0 Å². The summed E-state index contributed by atoms with van der Waals surface area (Å²) in [5, 5.41) is 4.58. The summed E-state index contributed by atoms with van der Waals surface area (Å²) in [6.07, 6.45) is 1.94. The van der Waals surface area contributed by atoms with Crippen LogP contribution in [0.25, 0.3) is 0 Å². The van der Waals surface area contributed by atoms with E-state index in [1.165, 1.54) is 21.7 Å². The summed E-state index contributed by atoms with van der Waals surface area (Å²) in [5.41, 5.74) is 4.11. The van der Waals surface area contributed by atoms with Crippen LogP contribution in [0, 0.1) is 20.8 Å². The Balaban J connectivity index is 0.00000243. The number of piperazine rings is 1. The molecule has 0 spiro atoms. The van der Waals surface area contributed by atoms with Crippen LogP contribution in [0.5, 0.6) is 0 Å². The average Bonchev–Trinajstić information content (AvgIpc) is 3.04. The Labute approximate surface area is 177 Å². The standard InChI is InChI=1S/C19H27N5S.HI/c1-14-6-5-7-18(15(14)2)23-8-10-24(11-9-23)19(20-4)22-13-17-12-21-16(3)25-17;/h5-7,12H,8-11,13H2,1-4H3,(H,20,22);1H. The summed E-state index contributed by atoms with van der Waals surface area (Å²) in [6.45, 7) is 11.2. The predicted molar refractivity (Wildman–Crippen MR) is 122 cm³/mol. The molecule has 0 atom stereocenters. The van der Waals surface area contributed by atoms with Gasteiger partial charge in [-0.15, -0.1) is 35.3 Å². The quantitative estimate of drug-likeness (QED) is 0.410. The van der Waals surface area contributed by atoms with Crippen molar-refractivity contribution < 1.29 is 0 Å². The molecule has 1 fully saturated rings. The molecule has 0 saturated carbocycles. The van der Waals surface area contributed by atoms with Crippen LogP contribution in [-0.2, 0) is 6.54 Å². The van der Waals surface area contributed by atoms with E-state index < -0.39 is 0 Å². The molecule has 1 aromatic carbocycles. The van der Waals surface area contributed by atoms with E-state index in [1.807, 2.05) is 20.2 Å². The lowest BCUT2D eigenvalue weighted by molar-refractivity contribution is 0.372. The van der Waals surface area contributed by atoms with Crippen LogP contribution in [-0.4, -0.2) is 49.1 Å². The topological polar surface area (TPSA) is 43.8 Å². The van der Waals surface area contributed by atoms with Crippen molar-refractivity contribution in [2.75, 3.05) is 38.1 Å². The van der Waals surface area contributed by atoms with Crippen molar-refractivity contribution in [3.63, 3.8) is 0 Å². The molecule has 1 aliphatic heterocycles. The number of benzene rings is 1. The molecular weight excluding hydrogens is 457 g/mol. The maximum atomic E-state index is 4.46. The van der Waals surface area contributed by atoms with Gasteiger partial charge in [-0.1, -0.05) is 12.1 Å². The first-order chi connectivity index (χ1) is 12.1. The monoisotopic (exact) mass is 485 g/mol. The highest BCUT2D eigenvalue weighted by atomic mass is 127. The van der Waals surface area contributed by atoms with Gasteiger partial charge in [-0.3, -0.25) is 4.99 Å². The van der Waals surface area contributed by atoms with Gasteiger partial charge in [0.15, 0.2) is 5.96 Å². The Morgan fingerprint density at radius 2 is 1.92 bits per heavy atom. The summed E-state index contributed by atoms with van der Waals surface area (Å²) in [7, 11) is 1.86. The maximum Gasteiger partial charge on any atom is 0.194 e. The second-order valence-electron chi connectivity index (χ2n) is 6.44. The number of aliphatic imine (C=N–C) groups is 1. The number of nitrogens with zero attached hydrogens (tertiary/aromatic N) is 4. The molecule has 0 aliphatic carbocycles. The van der Waals surface area contributed by atoms with Gasteiger partial charge in [0.25, 0.3) is 0 Å². The largest absolute Gasteiger partial charge is 0.368 e. The van der Waals surface area contributed by atoms with Gasteiger partial charge in [-0.05, 0) is 38.0 Å². The molecule has 26 heavy (non-hydrogen) atoms. The number of thiazole rings is 1. The minimum absolute atomic E-state index is 0. The third-order valence-electron chi connectivity index (χ3n) is 4.80. The minimum atomic E-state index is 0. The second kappa shape index (κ2) is 9.55. The Morgan fingerprint density at radius 1 is 1.19 bits per heavy atom. The van der Waals surface area contributed by atoms with Gasteiger partial charge in [-0.25, -0.2) is 4.98 Å². The summed E-state index contributed by atoms with van der Waals surface area (Å²) < 4.78 is 0. The van der Waals surface area contributed by atoms with Crippen molar-refractivity contribution in [3.8, 4) is 0 Å². The van der Waals surface area contributed by atoms with E-state index in [4.69, 9.17) is 0 Å². The van der Waals surface area contributed by atoms with Crippen LogP contribution in [0.4, 0.5) is 5.69 Å². The average molecular weight is 485 g/mol. The lowest BCUT2D eigenvalue weighted by Gasteiger charge is -2.38. The number of aryl methyl sites for hydroxylation is 2. The Kier molecular flexibility index (Phi) is 7.69. The van der Waals surface area contributed by atoms with E-state index in [0.29, 0.717) is 0 Å². The molecule has 2 heterocycles. The third-order valence-corrected chi connectivity index (χ3v) is 5.71.